The summed E-state index contributed by atoms with van der Waals surface area (Å²) in [4.78, 5) is 0. The van der Waals surface area contributed by atoms with Crippen molar-refractivity contribution in [2.75, 3.05) is 6.61 Å². The van der Waals surface area contributed by atoms with Crippen LogP contribution in [0.1, 0.15) is 136 Å². The zero-order chi connectivity index (χ0) is 21.1. The molecule has 28 heavy (non-hydrogen) atoms. The molecule has 4 heteroatoms. The fourth-order valence-corrected chi connectivity index (χ4v) is 4.52. The number of hydrogen-bond acceptors (Lipinski definition) is 1. The summed E-state index contributed by atoms with van der Waals surface area (Å²) in [5, 5.41) is 0. The molecule has 0 radical (unpaired) electrons. The van der Waals surface area contributed by atoms with E-state index in [1.807, 2.05) is 0 Å². The first-order valence-electron chi connectivity index (χ1n) is 12.1. The van der Waals surface area contributed by atoms with Crippen molar-refractivity contribution in [1.29, 1.82) is 0 Å². The van der Waals surface area contributed by atoms with Crippen molar-refractivity contribution in [3.8, 4) is 0 Å². The molecule has 0 saturated carbocycles. The first kappa shape index (κ1) is 28.8. The molecule has 0 spiro atoms. The second-order valence-electron chi connectivity index (χ2n) is 8.44. The van der Waals surface area contributed by atoms with Gasteiger partial charge < -0.3 is 4.74 Å². The summed E-state index contributed by atoms with van der Waals surface area (Å²) >= 11 is 19.4. The van der Waals surface area contributed by atoms with Gasteiger partial charge >= 0.3 is 0 Å². The lowest BCUT2D eigenvalue weighted by molar-refractivity contribution is -0.0593. The van der Waals surface area contributed by atoms with Crippen LogP contribution in [-0.4, -0.2) is 16.0 Å². The lowest BCUT2D eigenvalue weighted by Gasteiger charge is -2.40. The molecule has 0 amide bonds. The molecular formula is C24H47Cl3O. The van der Waals surface area contributed by atoms with Gasteiger partial charge in [-0.05, 0) is 19.3 Å². The second kappa shape index (κ2) is 18.6. The molecule has 0 aliphatic carbocycles. The van der Waals surface area contributed by atoms with Gasteiger partial charge in [0.2, 0.25) is 3.79 Å². The number of ether oxygens (including phenoxy) is 1. The van der Waals surface area contributed by atoms with Crippen molar-refractivity contribution >= 4 is 34.8 Å². The molecule has 170 valence electrons. The van der Waals surface area contributed by atoms with Crippen LogP contribution < -0.4 is 0 Å². The molecule has 0 saturated heterocycles. The summed E-state index contributed by atoms with van der Waals surface area (Å²) in [5.41, 5.74) is -0.625. The number of halogens is 3. The zero-order valence-electron chi connectivity index (χ0n) is 19.0. The highest BCUT2D eigenvalue weighted by atomic mass is 35.6. The fourth-order valence-electron chi connectivity index (χ4n) is 3.79. The third-order valence-electron chi connectivity index (χ3n) is 5.76. The molecular weight excluding hydrogens is 411 g/mol. The van der Waals surface area contributed by atoms with Gasteiger partial charge in [0.15, 0.2) is 0 Å². The van der Waals surface area contributed by atoms with Gasteiger partial charge in [-0.25, -0.2) is 0 Å². The molecule has 0 aliphatic heterocycles. The minimum atomic E-state index is -1.36. The molecule has 0 aliphatic rings. The van der Waals surface area contributed by atoms with Crippen molar-refractivity contribution in [2.45, 2.75) is 146 Å². The molecule has 1 unspecified atom stereocenters. The Hall–Kier alpha value is 0.830. The molecule has 0 aromatic carbocycles. The van der Waals surface area contributed by atoms with Gasteiger partial charge in [-0.2, -0.15) is 0 Å². The molecule has 0 heterocycles. The van der Waals surface area contributed by atoms with E-state index in [9.17, 15) is 0 Å². The largest absolute Gasteiger partial charge is 0.371 e. The van der Waals surface area contributed by atoms with Crippen LogP contribution in [-0.2, 0) is 4.74 Å². The average molecular weight is 458 g/mol. The Morgan fingerprint density at radius 2 is 0.893 bits per heavy atom. The molecule has 0 rings (SSSR count). The van der Waals surface area contributed by atoms with Crippen LogP contribution in [0.25, 0.3) is 0 Å². The number of unbranched alkanes of at least 4 members (excludes halogenated alkanes) is 13. The lowest BCUT2D eigenvalue weighted by atomic mass is 9.91. The molecule has 0 bridgehead atoms. The maximum absolute atomic E-state index is 6.47. The number of hydrogen-bond donors (Lipinski definition) is 0. The van der Waals surface area contributed by atoms with Crippen molar-refractivity contribution in [1.82, 2.24) is 0 Å². The quantitative estimate of drug-likeness (QED) is 0.130. The van der Waals surface area contributed by atoms with E-state index in [0.29, 0.717) is 6.61 Å². The van der Waals surface area contributed by atoms with Crippen molar-refractivity contribution in [3.05, 3.63) is 0 Å². The van der Waals surface area contributed by atoms with Crippen molar-refractivity contribution in [2.24, 2.45) is 0 Å². The van der Waals surface area contributed by atoms with Crippen LogP contribution in [0.4, 0.5) is 0 Å². The number of rotatable bonds is 20. The Bertz CT molecular complexity index is 330. The maximum atomic E-state index is 6.47. The zero-order valence-corrected chi connectivity index (χ0v) is 21.2. The monoisotopic (exact) mass is 456 g/mol. The molecule has 0 aromatic rings. The summed E-state index contributed by atoms with van der Waals surface area (Å²) in [5.74, 6) is 0. The first-order chi connectivity index (χ1) is 13.4. The van der Waals surface area contributed by atoms with E-state index in [1.165, 1.54) is 77.0 Å². The van der Waals surface area contributed by atoms with E-state index in [4.69, 9.17) is 39.5 Å². The van der Waals surface area contributed by atoms with E-state index in [2.05, 4.69) is 20.8 Å². The molecule has 1 nitrogen and oxygen atoms in total. The van der Waals surface area contributed by atoms with Crippen LogP contribution in [0.15, 0.2) is 0 Å². The minimum Gasteiger partial charge on any atom is -0.371 e. The van der Waals surface area contributed by atoms with Gasteiger partial charge in [0.1, 0.15) is 5.60 Å². The highest BCUT2D eigenvalue weighted by molar-refractivity contribution is 6.68. The lowest BCUT2D eigenvalue weighted by Crippen LogP contribution is -2.46. The van der Waals surface area contributed by atoms with Gasteiger partial charge in [-0.15, -0.1) is 0 Å². The predicted molar refractivity (Wildman–Crippen MR) is 129 cm³/mol. The van der Waals surface area contributed by atoms with E-state index < -0.39 is 9.39 Å². The second-order valence-corrected chi connectivity index (χ2v) is 10.7. The smallest absolute Gasteiger partial charge is 0.219 e. The van der Waals surface area contributed by atoms with E-state index >= 15 is 0 Å². The number of alkyl halides is 3. The van der Waals surface area contributed by atoms with Gasteiger partial charge in [-0.3, -0.25) is 0 Å². The van der Waals surface area contributed by atoms with E-state index in [-0.39, 0.29) is 0 Å². The Morgan fingerprint density at radius 1 is 0.500 bits per heavy atom. The summed E-state index contributed by atoms with van der Waals surface area (Å²) in [6.07, 6.45) is 21.6. The van der Waals surface area contributed by atoms with Crippen molar-refractivity contribution < 1.29 is 4.74 Å². The summed E-state index contributed by atoms with van der Waals surface area (Å²) in [7, 11) is 0. The van der Waals surface area contributed by atoms with Gasteiger partial charge in [0.25, 0.3) is 0 Å². The standard InChI is InChI=1S/C24H47Cl3O/c1-4-7-10-12-14-15-17-19-22-28-23(20-9-6-3,24(25,26)27)21-18-16-13-11-8-5-2/h4-22H2,1-3H3. The third-order valence-corrected chi connectivity index (χ3v) is 6.79. The predicted octanol–water partition coefficient (Wildman–Crippen LogP) is 10.2. The Labute approximate surface area is 191 Å². The molecule has 0 fully saturated rings. The fraction of sp³-hybridized carbons (Fsp3) is 1.00. The average Bonchev–Trinajstić information content (AvgIpc) is 2.65. The van der Waals surface area contributed by atoms with Crippen molar-refractivity contribution in [3.63, 3.8) is 0 Å². The summed E-state index contributed by atoms with van der Waals surface area (Å²) in [6, 6.07) is 0. The molecule has 1 atom stereocenters. The van der Waals surface area contributed by atoms with Crippen LogP contribution in [0.5, 0.6) is 0 Å². The third kappa shape index (κ3) is 13.9. The van der Waals surface area contributed by atoms with Gasteiger partial charge in [0.05, 0.1) is 0 Å². The van der Waals surface area contributed by atoms with Crippen LogP contribution in [0, 0.1) is 0 Å². The van der Waals surface area contributed by atoms with Crippen LogP contribution in [0.3, 0.4) is 0 Å². The van der Waals surface area contributed by atoms with E-state index in [0.717, 1.165) is 38.5 Å². The maximum Gasteiger partial charge on any atom is 0.219 e. The van der Waals surface area contributed by atoms with Crippen LogP contribution in [0.2, 0.25) is 0 Å². The summed E-state index contributed by atoms with van der Waals surface area (Å²) < 4.78 is 5.02. The molecule has 0 aromatic heterocycles. The van der Waals surface area contributed by atoms with Gasteiger partial charge in [-0.1, -0.05) is 152 Å². The topological polar surface area (TPSA) is 9.23 Å². The SMILES string of the molecule is CCCCCCCCCCOC(CCCC)(CCCCCCCC)C(Cl)(Cl)Cl. The Morgan fingerprint density at radius 3 is 1.36 bits per heavy atom. The molecule has 0 N–H and O–H groups in total. The Balaban J connectivity index is 4.38. The summed E-state index contributed by atoms with van der Waals surface area (Å²) in [6.45, 7) is 7.41. The van der Waals surface area contributed by atoms with Gasteiger partial charge in [0, 0.05) is 6.61 Å². The minimum absolute atomic E-state index is 0.625. The first-order valence-corrected chi connectivity index (χ1v) is 13.3. The highest BCUT2D eigenvalue weighted by Crippen LogP contribution is 2.47. The highest BCUT2D eigenvalue weighted by Gasteiger charge is 2.48. The Kier molecular flexibility index (Phi) is 19.1. The van der Waals surface area contributed by atoms with Crippen LogP contribution >= 0.6 is 34.8 Å². The normalized spacial score (nSPS) is 14.4. The van der Waals surface area contributed by atoms with E-state index in [1.54, 1.807) is 0 Å².